The maximum Gasteiger partial charge on any atom is 0.142 e. The monoisotopic (exact) mass is 178 g/mol. The van der Waals surface area contributed by atoms with E-state index in [-0.39, 0.29) is 5.41 Å². The van der Waals surface area contributed by atoms with E-state index in [1.807, 2.05) is 6.08 Å². The van der Waals surface area contributed by atoms with Gasteiger partial charge in [0.15, 0.2) is 0 Å². The molecule has 72 valence electrons. The molecule has 1 aliphatic rings. The lowest BCUT2D eigenvalue weighted by Crippen LogP contribution is -2.19. The zero-order valence-corrected chi connectivity index (χ0v) is 8.76. The average Bonchev–Trinajstić information content (AvgIpc) is 2.02. The Morgan fingerprint density at radius 2 is 2.08 bits per heavy atom. The molecule has 1 heteroatoms. The van der Waals surface area contributed by atoms with Gasteiger partial charge in [-0.1, -0.05) is 25.5 Å². The van der Waals surface area contributed by atoms with Crippen LogP contribution in [0.2, 0.25) is 0 Å². The summed E-state index contributed by atoms with van der Waals surface area (Å²) in [5, 5.41) is 0. The first kappa shape index (κ1) is 10.2. The van der Waals surface area contributed by atoms with E-state index in [9.17, 15) is 4.79 Å². The number of hydrogen-bond acceptors (Lipinski definition) is 1. The van der Waals surface area contributed by atoms with Crippen molar-refractivity contribution in [1.82, 2.24) is 0 Å². The molecule has 1 aliphatic carbocycles. The Labute approximate surface area is 80.5 Å². The highest BCUT2D eigenvalue weighted by Gasteiger charge is 2.26. The fourth-order valence-electron chi connectivity index (χ4n) is 2.15. The van der Waals surface area contributed by atoms with Crippen LogP contribution in [0.3, 0.4) is 0 Å². The number of rotatable bonds is 2. The molecule has 13 heavy (non-hydrogen) atoms. The molecule has 0 unspecified atom stereocenters. The first-order valence-electron chi connectivity index (χ1n) is 4.90. The highest BCUT2D eigenvalue weighted by molar-refractivity contribution is 5.66. The Morgan fingerprint density at radius 1 is 1.38 bits per heavy atom. The number of hydrogen-bond donors (Lipinski definition) is 0. The van der Waals surface area contributed by atoms with E-state index in [2.05, 4.69) is 20.8 Å². The summed E-state index contributed by atoms with van der Waals surface area (Å²) in [7, 11) is 0. The largest absolute Gasteiger partial charge is 0.299 e. The van der Waals surface area contributed by atoms with Gasteiger partial charge in [0.05, 0.1) is 0 Å². The van der Waals surface area contributed by atoms with Gasteiger partial charge in [-0.05, 0) is 43.3 Å². The summed E-state index contributed by atoms with van der Waals surface area (Å²) in [6, 6.07) is 0. The van der Waals surface area contributed by atoms with Crippen molar-refractivity contribution in [3.63, 3.8) is 0 Å². The van der Waals surface area contributed by atoms with Crippen LogP contribution in [0.25, 0.3) is 0 Å². The minimum absolute atomic E-state index is 0.252. The van der Waals surface area contributed by atoms with Crippen molar-refractivity contribution < 1.29 is 4.79 Å². The normalized spacial score (nSPS) is 22.4. The van der Waals surface area contributed by atoms with E-state index >= 15 is 0 Å². The van der Waals surface area contributed by atoms with Gasteiger partial charge in [-0.2, -0.15) is 0 Å². The summed E-state index contributed by atoms with van der Waals surface area (Å²) >= 11 is 0. The van der Waals surface area contributed by atoms with Crippen LogP contribution in [0.4, 0.5) is 0 Å². The van der Waals surface area contributed by atoms with Gasteiger partial charge in [-0.15, -0.1) is 0 Å². The number of carbonyl (C=O) groups is 1. The first-order valence-corrected chi connectivity index (χ1v) is 4.90. The van der Waals surface area contributed by atoms with Gasteiger partial charge >= 0.3 is 0 Å². The van der Waals surface area contributed by atoms with Gasteiger partial charge in [0.1, 0.15) is 6.29 Å². The molecule has 0 N–H and O–H groups in total. The van der Waals surface area contributed by atoms with Gasteiger partial charge in [0.2, 0.25) is 0 Å². The van der Waals surface area contributed by atoms with Crippen molar-refractivity contribution in [2.24, 2.45) is 5.41 Å². The van der Waals surface area contributed by atoms with Crippen molar-refractivity contribution in [1.29, 1.82) is 0 Å². The van der Waals surface area contributed by atoms with Gasteiger partial charge in [-0.3, -0.25) is 4.79 Å². The molecule has 0 heterocycles. The summed E-state index contributed by atoms with van der Waals surface area (Å²) in [5.74, 6) is 0. The molecule has 0 saturated heterocycles. The van der Waals surface area contributed by atoms with Crippen LogP contribution < -0.4 is 0 Å². The summed E-state index contributed by atoms with van der Waals surface area (Å²) in [6.45, 7) is 6.67. The molecule has 0 radical (unpaired) electrons. The highest BCUT2D eigenvalue weighted by Crippen LogP contribution is 2.40. The second-order valence-electron chi connectivity index (χ2n) is 4.43. The zero-order valence-electron chi connectivity index (χ0n) is 8.76. The van der Waals surface area contributed by atoms with Crippen LogP contribution >= 0.6 is 0 Å². The Morgan fingerprint density at radius 3 is 2.62 bits per heavy atom. The van der Waals surface area contributed by atoms with Crippen LogP contribution in [-0.4, -0.2) is 6.29 Å². The van der Waals surface area contributed by atoms with Gasteiger partial charge in [0, 0.05) is 0 Å². The summed E-state index contributed by atoms with van der Waals surface area (Å²) in [5.41, 5.74) is 3.04. The van der Waals surface area contributed by atoms with Gasteiger partial charge < -0.3 is 0 Å². The Bertz CT molecular complexity index is 256. The maximum absolute atomic E-state index is 10.3. The average molecular weight is 178 g/mol. The van der Waals surface area contributed by atoms with Crippen molar-refractivity contribution in [3.8, 4) is 0 Å². The first-order chi connectivity index (χ1) is 6.08. The van der Waals surface area contributed by atoms with E-state index in [1.165, 1.54) is 30.4 Å². The molecular weight excluding hydrogens is 160 g/mol. The van der Waals surface area contributed by atoms with Crippen LogP contribution in [0, 0.1) is 5.41 Å². The quantitative estimate of drug-likeness (QED) is 0.468. The van der Waals surface area contributed by atoms with Crippen LogP contribution in [0.1, 0.15) is 40.0 Å². The molecule has 1 nitrogen and oxygen atoms in total. The molecular formula is C12H18O. The van der Waals surface area contributed by atoms with E-state index in [0.29, 0.717) is 0 Å². The van der Waals surface area contributed by atoms with Crippen molar-refractivity contribution in [2.75, 3.05) is 0 Å². The molecule has 0 spiro atoms. The predicted molar refractivity (Wildman–Crippen MR) is 55.5 cm³/mol. The molecule has 0 saturated carbocycles. The third-order valence-electron chi connectivity index (χ3n) is 2.88. The minimum atomic E-state index is 0.252. The highest BCUT2D eigenvalue weighted by atomic mass is 16.1. The minimum Gasteiger partial charge on any atom is -0.299 e. The predicted octanol–water partition coefficient (Wildman–Crippen LogP) is 3.27. The second-order valence-corrected chi connectivity index (χ2v) is 4.43. The number of carbonyl (C=O) groups excluding carboxylic acids is 1. The summed E-state index contributed by atoms with van der Waals surface area (Å²) < 4.78 is 0. The topological polar surface area (TPSA) is 17.1 Å². The molecule has 1 rings (SSSR count). The molecule has 0 fully saturated rings. The number of allylic oxidation sites excluding steroid dienone is 4. The molecule has 0 aromatic heterocycles. The Hall–Kier alpha value is -0.850. The molecule has 0 amide bonds. The second kappa shape index (κ2) is 3.91. The SMILES string of the molecule is CC1=C(C=CC=O)C(C)(C)CCC1. The van der Waals surface area contributed by atoms with Crippen molar-refractivity contribution in [3.05, 3.63) is 23.3 Å². The van der Waals surface area contributed by atoms with Crippen LogP contribution in [0.5, 0.6) is 0 Å². The lowest BCUT2D eigenvalue weighted by molar-refractivity contribution is -0.104. The molecule has 0 aliphatic heterocycles. The summed E-state index contributed by atoms with van der Waals surface area (Å²) in [6.07, 6.45) is 8.11. The Kier molecular flexibility index (Phi) is 3.07. The van der Waals surface area contributed by atoms with E-state index in [4.69, 9.17) is 0 Å². The fraction of sp³-hybridized carbons (Fsp3) is 0.583. The van der Waals surface area contributed by atoms with Crippen molar-refractivity contribution in [2.45, 2.75) is 40.0 Å². The standard InChI is InChI=1S/C12H18O/c1-10-6-4-8-12(2,3)11(10)7-5-9-13/h5,7,9H,4,6,8H2,1-3H3. The fourth-order valence-corrected chi connectivity index (χ4v) is 2.15. The third kappa shape index (κ3) is 2.30. The molecule has 0 atom stereocenters. The van der Waals surface area contributed by atoms with E-state index in [1.54, 1.807) is 6.08 Å². The van der Waals surface area contributed by atoms with Crippen molar-refractivity contribution >= 4 is 6.29 Å². The van der Waals surface area contributed by atoms with Gasteiger partial charge in [0.25, 0.3) is 0 Å². The molecule has 0 bridgehead atoms. The Balaban J connectivity index is 2.97. The van der Waals surface area contributed by atoms with Gasteiger partial charge in [-0.25, -0.2) is 0 Å². The van der Waals surface area contributed by atoms with E-state index < -0.39 is 0 Å². The summed E-state index contributed by atoms with van der Waals surface area (Å²) in [4.78, 5) is 10.3. The van der Waals surface area contributed by atoms with Crippen LogP contribution in [-0.2, 0) is 4.79 Å². The maximum atomic E-state index is 10.3. The molecule has 0 aromatic carbocycles. The third-order valence-corrected chi connectivity index (χ3v) is 2.88. The zero-order chi connectivity index (χ0) is 9.90. The lowest BCUT2D eigenvalue weighted by atomic mass is 9.73. The lowest BCUT2D eigenvalue weighted by Gasteiger charge is -2.32. The smallest absolute Gasteiger partial charge is 0.142 e. The van der Waals surface area contributed by atoms with E-state index in [0.717, 1.165) is 6.29 Å². The molecule has 0 aromatic rings. The van der Waals surface area contributed by atoms with Crippen LogP contribution in [0.15, 0.2) is 23.3 Å². The number of aldehydes is 1.